The maximum absolute atomic E-state index is 4.47. The summed E-state index contributed by atoms with van der Waals surface area (Å²) < 4.78 is 0. The third-order valence-corrected chi connectivity index (χ3v) is 3.21. The molecule has 3 aromatic rings. The Morgan fingerprint density at radius 3 is 2.76 bits per heavy atom. The van der Waals surface area contributed by atoms with Crippen molar-refractivity contribution in [2.45, 2.75) is 5.03 Å². The van der Waals surface area contributed by atoms with Crippen molar-refractivity contribution in [2.75, 3.05) is 6.26 Å². The minimum atomic E-state index is 0.717. The normalized spacial score (nSPS) is 10.9. The predicted molar refractivity (Wildman–Crippen MR) is 68.9 cm³/mol. The number of nitrogens with zero attached hydrogens (tertiary/aromatic N) is 3. The van der Waals surface area contributed by atoms with E-state index in [4.69, 9.17) is 0 Å². The topological polar surface area (TPSA) is 54.5 Å². The molecule has 0 aliphatic heterocycles. The van der Waals surface area contributed by atoms with Gasteiger partial charge in [-0.25, -0.2) is 9.97 Å². The fourth-order valence-corrected chi connectivity index (χ4v) is 2.18. The smallest absolute Gasteiger partial charge is 0.161 e. The summed E-state index contributed by atoms with van der Waals surface area (Å²) in [5.74, 6) is 0.717. The van der Waals surface area contributed by atoms with Crippen LogP contribution in [0.1, 0.15) is 0 Å². The Kier molecular flexibility index (Phi) is 2.53. The van der Waals surface area contributed by atoms with Crippen molar-refractivity contribution in [3.05, 3.63) is 36.5 Å². The number of aromatic amines is 1. The zero-order valence-electron chi connectivity index (χ0n) is 9.21. The quantitative estimate of drug-likeness (QED) is 0.702. The molecule has 0 atom stereocenters. The van der Waals surface area contributed by atoms with Gasteiger partial charge in [0.25, 0.3) is 0 Å². The van der Waals surface area contributed by atoms with Crippen molar-refractivity contribution in [3.8, 4) is 11.4 Å². The Hall–Kier alpha value is -1.88. The summed E-state index contributed by atoms with van der Waals surface area (Å²) in [6.07, 6.45) is 3.81. The lowest BCUT2D eigenvalue weighted by atomic mass is 10.2. The molecule has 0 aliphatic carbocycles. The first kappa shape index (κ1) is 10.3. The number of rotatable bonds is 2. The molecule has 5 heteroatoms. The van der Waals surface area contributed by atoms with Crippen molar-refractivity contribution < 1.29 is 0 Å². The van der Waals surface area contributed by atoms with E-state index in [0.29, 0.717) is 0 Å². The number of aromatic nitrogens is 4. The predicted octanol–water partition coefficient (Wildman–Crippen LogP) is 2.74. The SMILES string of the molecule is CSc1n[nH]c2nc(-c3ccccc3)ncc12. The van der Waals surface area contributed by atoms with Gasteiger partial charge in [-0.1, -0.05) is 30.3 Å². The molecule has 2 heterocycles. The Morgan fingerprint density at radius 1 is 1.18 bits per heavy atom. The summed E-state index contributed by atoms with van der Waals surface area (Å²) in [6, 6.07) is 9.91. The number of hydrogen-bond donors (Lipinski definition) is 1. The maximum Gasteiger partial charge on any atom is 0.161 e. The van der Waals surface area contributed by atoms with E-state index in [9.17, 15) is 0 Å². The average Bonchev–Trinajstić information content (AvgIpc) is 2.81. The highest BCUT2D eigenvalue weighted by Crippen LogP contribution is 2.23. The van der Waals surface area contributed by atoms with Crippen LogP contribution in [0.3, 0.4) is 0 Å². The summed E-state index contributed by atoms with van der Waals surface area (Å²) in [6.45, 7) is 0. The van der Waals surface area contributed by atoms with Gasteiger partial charge in [0.05, 0.1) is 5.39 Å². The molecule has 0 saturated heterocycles. The maximum atomic E-state index is 4.47. The van der Waals surface area contributed by atoms with Gasteiger partial charge in [-0.15, -0.1) is 11.8 Å². The van der Waals surface area contributed by atoms with Gasteiger partial charge in [-0.3, -0.25) is 5.10 Å². The van der Waals surface area contributed by atoms with Gasteiger partial charge in [0, 0.05) is 11.8 Å². The first-order chi connectivity index (χ1) is 8.38. The number of benzene rings is 1. The monoisotopic (exact) mass is 242 g/mol. The van der Waals surface area contributed by atoms with E-state index >= 15 is 0 Å². The molecular weight excluding hydrogens is 232 g/mol. The van der Waals surface area contributed by atoms with Crippen LogP contribution in [-0.2, 0) is 0 Å². The van der Waals surface area contributed by atoms with Gasteiger partial charge < -0.3 is 0 Å². The van der Waals surface area contributed by atoms with E-state index in [1.54, 1.807) is 11.8 Å². The van der Waals surface area contributed by atoms with Crippen molar-refractivity contribution in [1.82, 2.24) is 20.2 Å². The molecule has 17 heavy (non-hydrogen) atoms. The molecule has 4 nitrogen and oxygen atoms in total. The molecule has 84 valence electrons. The number of thioether (sulfide) groups is 1. The van der Waals surface area contributed by atoms with Crippen molar-refractivity contribution >= 4 is 22.8 Å². The second-order valence-corrected chi connectivity index (χ2v) is 4.35. The van der Waals surface area contributed by atoms with Gasteiger partial charge in [-0.2, -0.15) is 5.10 Å². The number of H-pyrrole nitrogens is 1. The van der Waals surface area contributed by atoms with Crippen LogP contribution in [0.4, 0.5) is 0 Å². The van der Waals surface area contributed by atoms with Crippen LogP contribution in [0.15, 0.2) is 41.6 Å². The molecule has 3 rings (SSSR count). The van der Waals surface area contributed by atoms with Crippen LogP contribution in [0.2, 0.25) is 0 Å². The van der Waals surface area contributed by atoms with Gasteiger partial charge in [0.1, 0.15) is 5.03 Å². The van der Waals surface area contributed by atoms with E-state index in [2.05, 4.69) is 20.2 Å². The molecule has 2 aromatic heterocycles. The second-order valence-electron chi connectivity index (χ2n) is 3.55. The van der Waals surface area contributed by atoms with Gasteiger partial charge in [0.2, 0.25) is 0 Å². The molecule has 0 aliphatic rings. The Labute approximate surface area is 102 Å². The highest BCUT2D eigenvalue weighted by molar-refractivity contribution is 7.98. The molecule has 0 unspecified atom stereocenters. The van der Waals surface area contributed by atoms with Gasteiger partial charge in [0.15, 0.2) is 11.5 Å². The summed E-state index contributed by atoms with van der Waals surface area (Å²) in [4.78, 5) is 8.85. The van der Waals surface area contributed by atoms with Crippen LogP contribution in [0.5, 0.6) is 0 Å². The van der Waals surface area contributed by atoms with E-state index in [-0.39, 0.29) is 0 Å². The number of hydrogen-bond acceptors (Lipinski definition) is 4. The molecule has 0 fully saturated rings. The molecule has 0 bridgehead atoms. The Bertz CT molecular complexity index is 648. The number of nitrogens with one attached hydrogen (secondary N) is 1. The van der Waals surface area contributed by atoms with Gasteiger partial charge in [-0.05, 0) is 6.26 Å². The molecule has 0 spiro atoms. The van der Waals surface area contributed by atoms with Crippen molar-refractivity contribution in [1.29, 1.82) is 0 Å². The largest absolute Gasteiger partial charge is 0.260 e. The summed E-state index contributed by atoms with van der Waals surface area (Å²) in [7, 11) is 0. The van der Waals surface area contributed by atoms with Crippen molar-refractivity contribution in [3.63, 3.8) is 0 Å². The standard InChI is InChI=1S/C12H10N4S/c1-17-12-9-7-13-10(14-11(9)15-16-12)8-5-3-2-4-6-8/h2-7H,1H3,(H,13,14,15,16). The highest BCUT2D eigenvalue weighted by atomic mass is 32.2. The van der Waals surface area contributed by atoms with Crippen LogP contribution in [-0.4, -0.2) is 26.4 Å². The fourth-order valence-electron chi connectivity index (χ4n) is 1.67. The second kappa shape index (κ2) is 4.18. The number of fused-ring (bicyclic) bond motifs is 1. The zero-order valence-corrected chi connectivity index (χ0v) is 10.0. The lowest BCUT2D eigenvalue weighted by Crippen LogP contribution is -1.88. The third kappa shape index (κ3) is 1.78. The molecule has 1 N–H and O–H groups in total. The average molecular weight is 242 g/mol. The molecule has 0 saturated carbocycles. The highest BCUT2D eigenvalue weighted by Gasteiger charge is 2.08. The third-order valence-electron chi connectivity index (χ3n) is 2.51. The fraction of sp³-hybridized carbons (Fsp3) is 0.0833. The van der Waals surface area contributed by atoms with E-state index < -0.39 is 0 Å². The molecule has 0 radical (unpaired) electrons. The minimum Gasteiger partial charge on any atom is -0.260 e. The minimum absolute atomic E-state index is 0.717. The Morgan fingerprint density at radius 2 is 2.00 bits per heavy atom. The first-order valence-electron chi connectivity index (χ1n) is 5.19. The zero-order chi connectivity index (χ0) is 11.7. The summed E-state index contributed by atoms with van der Waals surface area (Å²) in [5.41, 5.74) is 1.79. The van der Waals surface area contributed by atoms with Crippen LogP contribution < -0.4 is 0 Å². The lowest BCUT2D eigenvalue weighted by molar-refractivity contribution is 1.02. The lowest BCUT2D eigenvalue weighted by Gasteiger charge is -1.98. The summed E-state index contributed by atoms with van der Waals surface area (Å²) in [5, 5.41) is 9.01. The summed E-state index contributed by atoms with van der Waals surface area (Å²) >= 11 is 1.58. The molecular formula is C12H10N4S. The Balaban J connectivity index is 2.15. The van der Waals surface area contributed by atoms with E-state index in [1.165, 1.54) is 0 Å². The van der Waals surface area contributed by atoms with Crippen LogP contribution >= 0.6 is 11.8 Å². The van der Waals surface area contributed by atoms with Crippen LogP contribution in [0, 0.1) is 0 Å². The molecule has 1 aromatic carbocycles. The van der Waals surface area contributed by atoms with E-state index in [0.717, 1.165) is 27.4 Å². The molecule has 0 amide bonds. The van der Waals surface area contributed by atoms with Crippen molar-refractivity contribution in [2.24, 2.45) is 0 Å². The van der Waals surface area contributed by atoms with E-state index in [1.807, 2.05) is 42.8 Å². The van der Waals surface area contributed by atoms with Crippen LogP contribution in [0.25, 0.3) is 22.4 Å². The van der Waals surface area contributed by atoms with Gasteiger partial charge >= 0.3 is 0 Å². The first-order valence-corrected chi connectivity index (χ1v) is 6.41.